The SMILES string of the molecule is COc1cc2c(Oc3ccc(NC(=O)N4C=CN(c5ccc(Cl)cc5)C4)cc3F)ccnc2cc1OCCCN1CCN(C)CC1. The van der Waals surface area contributed by atoms with E-state index in [1.807, 2.05) is 23.1 Å². The largest absolute Gasteiger partial charge is 0.493 e. The van der Waals surface area contributed by atoms with E-state index in [9.17, 15) is 4.79 Å². The fraction of sp³-hybridized carbons (Fsp3) is 0.294. The van der Waals surface area contributed by atoms with E-state index in [4.69, 9.17) is 25.8 Å². The number of nitrogens with one attached hydrogen (secondary N) is 1. The number of urea groups is 1. The van der Waals surface area contributed by atoms with Crippen molar-refractivity contribution in [3.63, 3.8) is 0 Å². The second kappa shape index (κ2) is 14.2. The number of pyridine rings is 1. The standard InChI is InChI=1S/C34H36ClFN6O4/c1-39-13-15-40(16-14-39)12-3-19-45-33-22-29-27(21-32(33)44-2)30(10-11-37-29)46-31-9-6-25(20-28(31)36)38-34(43)42-18-17-41(23-42)26-7-4-24(35)5-8-26/h4-11,17-18,20-22H,3,12-16,19,23H2,1-2H3,(H,38,43). The van der Waals surface area contributed by atoms with Gasteiger partial charge in [-0.3, -0.25) is 9.88 Å². The number of rotatable bonds is 10. The highest BCUT2D eigenvalue weighted by molar-refractivity contribution is 6.30. The maximum absolute atomic E-state index is 15.2. The number of nitrogens with zero attached hydrogens (tertiary/aromatic N) is 5. The minimum Gasteiger partial charge on any atom is -0.493 e. The first kappa shape index (κ1) is 31.4. The van der Waals surface area contributed by atoms with E-state index in [1.165, 1.54) is 17.0 Å². The van der Waals surface area contributed by atoms with E-state index < -0.39 is 11.8 Å². The molecule has 1 saturated heterocycles. The molecule has 1 fully saturated rings. The predicted octanol–water partition coefficient (Wildman–Crippen LogP) is 6.63. The number of fused-ring (bicyclic) bond motifs is 1. The summed E-state index contributed by atoms with van der Waals surface area (Å²) in [7, 11) is 3.73. The number of piperazine rings is 1. The Balaban J connectivity index is 1.07. The molecule has 0 bridgehead atoms. The quantitative estimate of drug-likeness (QED) is 0.192. The molecule has 2 aliphatic rings. The van der Waals surface area contributed by atoms with Crippen molar-refractivity contribution in [2.45, 2.75) is 6.42 Å². The highest BCUT2D eigenvalue weighted by Crippen LogP contribution is 2.38. The van der Waals surface area contributed by atoms with Gasteiger partial charge in [-0.15, -0.1) is 0 Å². The normalized spacial score (nSPS) is 15.4. The predicted molar refractivity (Wildman–Crippen MR) is 178 cm³/mol. The van der Waals surface area contributed by atoms with Gasteiger partial charge in [0, 0.05) is 85.2 Å². The molecule has 0 aliphatic carbocycles. The lowest BCUT2D eigenvalue weighted by atomic mass is 10.1. The minimum atomic E-state index is -0.630. The van der Waals surface area contributed by atoms with Crippen LogP contribution in [0.5, 0.6) is 23.0 Å². The van der Waals surface area contributed by atoms with Gasteiger partial charge in [0.05, 0.1) is 19.2 Å². The topological polar surface area (TPSA) is 82.6 Å². The number of carbonyl (C=O) groups excluding carboxylic acids is 1. The molecular formula is C34H36ClFN6O4. The minimum absolute atomic E-state index is 0.00341. The van der Waals surface area contributed by atoms with Gasteiger partial charge < -0.3 is 34.2 Å². The number of amides is 2. The van der Waals surface area contributed by atoms with Crippen LogP contribution in [0.4, 0.5) is 20.6 Å². The van der Waals surface area contributed by atoms with Gasteiger partial charge >= 0.3 is 6.03 Å². The smallest absolute Gasteiger partial charge is 0.327 e. The van der Waals surface area contributed by atoms with Crippen LogP contribution in [-0.2, 0) is 0 Å². The lowest BCUT2D eigenvalue weighted by molar-refractivity contribution is 0.145. The van der Waals surface area contributed by atoms with Gasteiger partial charge in [-0.05, 0) is 62.0 Å². The number of hydrogen-bond acceptors (Lipinski definition) is 8. The summed E-state index contributed by atoms with van der Waals surface area (Å²) in [5.74, 6) is 0.908. The molecule has 10 nitrogen and oxygen atoms in total. The summed E-state index contributed by atoms with van der Waals surface area (Å²) in [6, 6.07) is 16.5. The Bertz CT molecular complexity index is 1710. The fourth-order valence-corrected chi connectivity index (χ4v) is 5.48. The Hall–Kier alpha value is -4.58. The lowest BCUT2D eigenvalue weighted by Gasteiger charge is -2.32. The third-order valence-corrected chi connectivity index (χ3v) is 8.26. The molecule has 0 atom stereocenters. The summed E-state index contributed by atoms with van der Waals surface area (Å²) < 4.78 is 32.9. The third-order valence-electron chi connectivity index (χ3n) is 8.01. The van der Waals surface area contributed by atoms with Gasteiger partial charge in [-0.1, -0.05) is 11.6 Å². The Morgan fingerprint density at radius 3 is 2.52 bits per heavy atom. The first-order valence-corrected chi connectivity index (χ1v) is 15.5. The molecular weight excluding hydrogens is 611 g/mol. The summed E-state index contributed by atoms with van der Waals surface area (Å²) in [6.45, 7) is 6.14. The molecule has 0 saturated carbocycles. The van der Waals surface area contributed by atoms with E-state index in [0.29, 0.717) is 52.1 Å². The zero-order valence-corrected chi connectivity index (χ0v) is 26.5. The van der Waals surface area contributed by atoms with Gasteiger partial charge in [0.1, 0.15) is 12.4 Å². The van der Waals surface area contributed by atoms with Crippen LogP contribution in [0, 0.1) is 5.82 Å². The van der Waals surface area contributed by atoms with Gasteiger partial charge in [-0.25, -0.2) is 9.18 Å². The van der Waals surface area contributed by atoms with Crippen LogP contribution in [0.15, 0.2) is 79.3 Å². The molecule has 12 heteroatoms. The van der Waals surface area contributed by atoms with E-state index in [1.54, 1.807) is 56.0 Å². The molecule has 0 spiro atoms. The zero-order valence-electron chi connectivity index (χ0n) is 25.8. The van der Waals surface area contributed by atoms with Gasteiger partial charge in [0.25, 0.3) is 0 Å². The second-order valence-electron chi connectivity index (χ2n) is 11.2. The van der Waals surface area contributed by atoms with Crippen LogP contribution in [-0.4, -0.2) is 85.9 Å². The van der Waals surface area contributed by atoms with Crippen molar-refractivity contribution in [2.24, 2.45) is 0 Å². The Kier molecular flexibility index (Phi) is 9.72. The van der Waals surface area contributed by atoms with Crippen LogP contribution < -0.4 is 24.4 Å². The molecule has 2 amide bonds. The Labute approximate surface area is 272 Å². The van der Waals surface area contributed by atoms with Crippen molar-refractivity contribution in [2.75, 3.05) is 70.4 Å². The summed E-state index contributed by atoms with van der Waals surface area (Å²) >= 11 is 5.98. The maximum atomic E-state index is 15.2. The molecule has 46 heavy (non-hydrogen) atoms. The number of ether oxygens (including phenoxy) is 3. The molecule has 0 radical (unpaired) electrons. The van der Waals surface area contributed by atoms with E-state index in [-0.39, 0.29) is 5.75 Å². The van der Waals surface area contributed by atoms with Crippen molar-refractivity contribution in [1.82, 2.24) is 19.7 Å². The van der Waals surface area contributed by atoms with E-state index in [2.05, 4.69) is 27.1 Å². The average molecular weight is 647 g/mol. The van der Waals surface area contributed by atoms with Gasteiger partial charge in [0.15, 0.2) is 23.1 Å². The summed E-state index contributed by atoms with van der Waals surface area (Å²) in [4.78, 5) is 25.5. The van der Waals surface area contributed by atoms with Crippen molar-refractivity contribution >= 4 is 39.9 Å². The maximum Gasteiger partial charge on any atom is 0.327 e. The first-order chi connectivity index (χ1) is 22.4. The third kappa shape index (κ3) is 7.44. The lowest BCUT2D eigenvalue weighted by Crippen LogP contribution is -2.44. The van der Waals surface area contributed by atoms with E-state index >= 15 is 4.39 Å². The van der Waals surface area contributed by atoms with Crippen molar-refractivity contribution in [3.8, 4) is 23.0 Å². The van der Waals surface area contributed by atoms with Crippen molar-refractivity contribution in [3.05, 3.63) is 90.1 Å². The number of hydrogen-bond donors (Lipinski definition) is 1. The summed E-state index contributed by atoms with van der Waals surface area (Å²) in [5.41, 5.74) is 1.82. The number of aromatic nitrogens is 1. The highest BCUT2D eigenvalue weighted by Gasteiger charge is 2.21. The number of halogens is 2. The van der Waals surface area contributed by atoms with Crippen LogP contribution >= 0.6 is 11.6 Å². The number of methoxy groups -OCH3 is 1. The first-order valence-electron chi connectivity index (χ1n) is 15.1. The molecule has 1 N–H and O–H groups in total. The molecule has 0 unspecified atom stereocenters. The van der Waals surface area contributed by atoms with Crippen molar-refractivity contribution in [1.29, 1.82) is 0 Å². The van der Waals surface area contributed by atoms with Crippen molar-refractivity contribution < 1.29 is 23.4 Å². The molecule has 4 aromatic rings. The molecule has 6 rings (SSSR count). The summed E-state index contributed by atoms with van der Waals surface area (Å²) in [6.07, 6.45) is 5.95. The highest BCUT2D eigenvalue weighted by atomic mass is 35.5. The Morgan fingerprint density at radius 1 is 0.957 bits per heavy atom. The molecule has 3 heterocycles. The number of anilines is 2. The number of benzene rings is 3. The fourth-order valence-electron chi connectivity index (χ4n) is 5.36. The monoisotopic (exact) mass is 646 g/mol. The second-order valence-corrected chi connectivity index (χ2v) is 11.6. The molecule has 1 aromatic heterocycles. The van der Waals surface area contributed by atoms with Crippen LogP contribution in [0.2, 0.25) is 5.02 Å². The molecule has 240 valence electrons. The van der Waals surface area contributed by atoms with Gasteiger partial charge in [0.2, 0.25) is 0 Å². The van der Waals surface area contributed by atoms with Crippen LogP contribution in [0.25, 0.3) is 10.9 Å². The zero-order chi connectivity index (χ0) is 32.0. The van der Waals surface area contributed by atoms with Crippen LogP contribution in [0.1, 0.15) is 6.42 Å². The Morgan fingerprint density at radius 2 is 1.76 bits per heavy atom. The van der Waals surface area contributed by atoms with E-state index in [0.717, 1.165) is 44.8 Å². The average Bonchev–Trinajstić information content (AvgIpc) is 3.56. The number of likely N-dealkylation sites (N-methyl/N-ethyl adjacent to an activating group) is 1. The number of carbonyl (C=O) groups is 1. The molecule has 3 aromatic carbocycles. The van der Waals surface area contributed by atoms with Gasteiger partial charge in [-0.2, -0.15) is 0 Å². The van der Waals surface area contributed by atoms with Crippen LogP contribution in [0.3, 0.4) is 0 Å². The summed E-state index contributed by atoms with van der Waals surface area (Å²) in [5, 5.41) is 4.02. The molecule has 2 aliphatic heterocycles.